The van der Waals surface area contributed by atoms with Crippen LogP contribution in [0.15, 0.2) is 45.1 Å². The lowest BCUT2D eigenvalue weighted by Gasteiger charge is -2.06. The lowest BCUT2D eigenvalue weighted by Crippen LogP contribution is -2.13. The van der Waals surface area contributed by atoms with Crippen molar-refractivity contribution in [3.05, 3.63) is 45.1 Å². The van der Waals surface area contributed by atoms with Crippen molar-refractivity contribution in [2.45, 2.75) is 24.8 Å². The van der Waals surface area contributed by atoms with Gasteiger partial charge in [0.05, 0.1) is 4.90 Å². The molecule has 0 amide bonds. The van der Waals surface area contributed by atoms with Crippen LogP contribution in [0.2, 0.25) is 0 Å². The van der Waals surface area contributed by atoms with Crippen molar-refractivity contribution in [1.29, 1.82) is 0 Å². The summed E-state index contributed by atoms with van der Waals surface area (Å²) in [6.45, 7) is 3.73. The monoisotopic (exact) mass is 388 g/mol. The van der Waals surface area contributed by atoms with Gasteiger partial charge in [0, 0.05) is 27.0 Å². The predicted octanol–water partition coefficient (Wildman–Crippen LogP) is 3.81. The second-order valence-corrected chi connectivity index (χ2v) is 8.13. The van der Waals surface area contributed by atoms with Crippen molar-refractivity contribution in [3.8, 4) is 0 Å². The highest BCUT2D eigenvalue weighted by Gasteiger charge is 2.16. The van der Waals surface area contributed by atoms with Gasteiger partial charge in [0.25, 0.3) is 10.0 Å². The largest absolute Gasteiger partial charge is 0.312 e. The molecular weight excluding hydrogens is 372 g/mol. The molecule has 0 aliphatic heterocycles. The Morgan fingerprint density at radius 3 is 2.62 bits per heavy atom. The van der Waals surface area contributed by atoms with E-state index in [1.807, 2.05) is 0 Å². The fraction of sp³-hybridized carbons (Fsp3) is 0.286. The lowest BCUT2D eigenvalue weighted by atomic mass is 10.3. The zero-order chi connectivity index (χ0) is 15.3. The van der Waals surface area contributed by atoms with Crippen LogP contribution in [0.5, 0.6) is 0 Å². The third-order valence-electron chi connectivity index (χ3n) is 2.76. The maximum atomic E-state index is 12.3. The molecule has 1 aromatic heterocycles. The van der Waals surface area contributed by atoms with E-state index in [-0.39, 0.29) is 0 Å². The minimum absolute atomic E-state index is 0.309. The summed E-state index contributed by atoms with van der Waals surface area (Å²) in [5.41, 5.74) is 0.551. The number of anilines is 1. The molecule has 1 heterocycles. The van der Waals surface area contributed by atoms with Gasteiger partial charge >= 0.3 is 0 Å². The molecule has 114 valence electrons. The highest BCUT2D eigenvalue weighted by Crippen LogP contribution is 2.23. The van der Waals surface area contributed by atoms with Crippen LogP contribution >= 0.6 is 27.3 Å². The van der Waals surface area contributed by atoms with Crippen molar-refractivity contribution in [3.63, 3.8) is 0 Å². The Morgan fingerprint density at radius 1 is 1.24 bits per heavy atom. The van der Waals surface area contributed by atoms with Gasteiger partial charge in [-0.3, -0.25) is 4.72 Å². The molecule has 21 heavy (non-hydrogen) atoms. The first-order valence-electron chi connectivity index (χ1n) is 6.58. The van der Waals surface area contributed by atoms with E-state index >= 15 is 0 Å². The standard InChI is InChI=1S/C14H17BrN2O2S2/c1-2-7-16-9-13-8-14(10-20-13)21(18,19)17-12-5-3-11(15)4-6-12/h3-6,8,10,16-17H,2,7,9H2,1H3. The molecule has 0 atom stereocenters. The molecular formula is C14H17BrN2O2S2. The van der Waals surface area contributed by atoms with Crippen LogP contribution in [-0.4, -0.2) is 15.0 Å². The molecule has 7 heteroatoms. The van der Waals surface area contributed by atoms with Crippen molar-refractivity contribution in [1.82, 2.24) is 5.32 Å². The maximum absolute atomic E-state index is 12.3. The molecule has 0 saturated carbocycles. The number of nitrogens with one attached hydrogen (secondary N) is 2. The number of hydrogen-bond donors (Lipinski definition) is 2. The molecule has 0 saturated heterocycles. The molecule has 4 nitrogen and oxygen atoms in total. The average molecular weight is 389 g/mol. The second kappa shape index (κ2) is 7.40. The molecule has 0 unspecified atom stereocenters. The van der Waals surface area contributed by atoms with Gasteiger partial charge < -0.3 is 5.32 Å². The van der Waals surface area contributed by atoms with Crippen LogP contribution in [0.1, 0.15) is 18.2 Å². The molecule has 0 spiro atoms. The summed E-state index contributed by atoms with van der Waals surface area (Å²) in [7, 11) is -3.52. The number of benzene rings is 1. The van der Waals surface area contributed by atoms with E-state index in [0.717, 1.165) is 22.3 Å². The molecule has 2 N–H and O–H groups in total. The Labute approximate surface area is 137 Å². The predicted molar refractivity (Wildman–Crippen MR) is 91.3 cm³/mol. The molecule has 1 aromatic carbocycles. The van der Waals surface area contributed by atoms with Crippen LogP contribution in [-0.2, 0) is 16.6 Å². The topological polar surface area (TPSA) is 58.2 Å². The first-order valence-corrected chi connectivity index (χ1v) is 9.73. The van der Waals surface area contributed by atoms with Crippen LogP contribution in [0.4, 0.5) is 5.69 Å². The van der Waals surface area contributed by atoms with E-state index in [1.165, 1.54) is 11.3 Å². The summed E-state index contributed by atoms with van der Waals surface area (Å²) in [4.78, 5) is 1.32. The lowest BCUT2D eigenvalue weighted by molar-refractivity contribution is 0.601. The van der Waals surface area contributed by atoms with Gasteiger partial charge in [0.15, 0.2) is 0 Å². The van der Waals surface area contributed by atoms with Crippen LogP contribution in [0, 0.1) is 0 Å². The van der Waals surface area contributed by atoms with Crippen molar-refractivity contribution in [2.75, 3.05) is 11.3 Å². The molecule has 0 aliphatic rings. The van der Waals surface area contributed by atoms with Gasteiger partial charge in [-0.15, -0.1) is 11.3 Å². The fourth-order valence-corrected chi connectivity index (χ4v) is 4.28. The van der Waals surface area contributed by atoms with Crippen molar-refractivity contribution in [2.24, 2.45) is 0 Å². The third-order valence-corrected chi connectivity index (χ3v) is 5.74. The van der Waals surface area contributed by atoms with Gasteiger partial charge in [-0.05, 0) is 43.3 Å². The molecule has 2 aromatic rings. The molecule has 0 radical (unpaired) electrons. The summed E-state index contributed by atoms with van der Waals surface area (Å²) in [5, 5.41) is 4.93. The Morgan fingerprint density at radius 2 is 1.95 bits per heavy atom. The van der Waals surface area contributed by atoms with Crippen LogP contribution < -0.4 is 10.0 Å². The number of rotatable bonds is 7. The summed E-state index contributed by atoms with van der Waals surface area (Å²) >= 11 is 4.77. The summed E-state index contributed by atoms with van der Waals surface area (Å²) in [6.07, 6.45) is 1.06. The first-order chi connectivity index (χ1) is 10.0. The summed E-state index contributed by atoms with van der Waals surface area (Å²) in [5.74, 6) is 0. The number of hydrogen-bond acceptors (Lipinski definition) is 4. The smallest absolute Gasteiger partial charge is 0.262 e. The van der Waals surface area contributed by atoms with Crippen LogP contribution in [0.3, 0.4) is 0 Å². The quantitative estimate of drug-likeness (QED) is 0.708. The normalized spacial score (nSPS) is 11.5. The minimum atomic E-state index is -3.52. The minimum Gasteiger partial charge on any atom is -0.312 e. The van der Waals surface area contributed by atoms with E-state index in [4.69, 9.17) is 0 Å². The molecule has 0 aliphatic carbocycles. The third kappa shape index (κ3) is 4.81. The zero-order valence-electron chi connectivity index (χ0n) is 11.6. The second-order valence-electron chi connectivity index (χ2n) is 4.54. The van der Waals surface area contributed by atoms with E-state index in [1.54, 1.807) is 35.7 Å². The van der Waals surface area contributed by atoms with Crippen molar-refractivity contribution >= 4 is 43.0 Å². The maximum Gasteiger partial charge on any atom is 0.262 e. The summed E-state index contributed by atoms with van der Waals surface area (Å²) in [6, 6.07) is 8.75. The van der Waals surface area contributed by atoms with Crippen molar-refractivity contribution < 1.29 is 8.42 Å². The Kier molecular flexibility index (Phi) is 5.80. The van der Waals surface area contributed by atoms with E-state index < -0.39 is 10.0 Å². The molecule has 0 fully saturated rings. The SMILES string of the molecule is CCCNCc1cc(S(=O)(=O)Nc2ccc(Br)cc2)cs1. The molecule has 2 rings (SSSR count). The van der Waals surface area contributed by atoms with Gasteiger partial charge in [0.1, 0.15) is 0 Å². The highest BCUT2D eigenvalue weighted by molar-refractivity contribution is 9.10. The average Bonchev–Trinajstić information content (AvgIpc) is 2.91. The highest BCUT2D eigenvalue weighted by atomic mass is 79.9. The van der Waals surface area contributed by atoms with Gasteiger partial charge in [0.2, 0.25) is 0 Å². The Hall–Kier alpha value is -0.890. The zero-order valence-corrected chi connectivity index (χ0v) is 14.8. The Bertz CT molecular complexity index is 681. The molecule has 0 bridgehead atoms. The number of halogens is 1. The van der Waals surface area contributed by atoms with Gasteiger partial charge in [-0.1, -0.05) is 22.9 Å². The fourth-order valence-electron chi connectivity index (χ4n) is 1.71. The number of sulfonamides is 1. The van der Waals surface area contributed by atoms with Crippen LogP contribution in [0.25, 0.3) is 0 Å². The Balaban J connectivity index is 2.07. The van der Waals surface area contributed by atoms with E-state index in [0.29, 0.717) is 17.1 Å². The first kappa shape index (κ1) is 16.5. The van der Waals surface area contributed by atoms with Gasteiger partial charge in [-0.2, -0.15) is 0 Å². The summed E-state index contributed by atoms with van der Waals surface area (Å²) < 4.78 is 28.1. The van der Waals surface area contributed by atoms with E-state index in [9.17, 15) is 8.42 Å². The van der Waals surface area contributed by atoms with Gasteiger partial charge in [-0.25, -0.2) is 8.42 Å². The number of thiophene rings is 1. The van der Waals surface area contributed by atoms with E-state index in [2.05, 4.69) is 32.9 Å².